The lowest BCUT2D eigenvalue weighted by Crippen LogP contribution is -2.39. The van der Waals surface area contributed by atoms with Crippen molar-refractivity contribution < 1.29 is 9.59 Å². The minimum atomic E-state index is -0.965. The normalized spacial score (nSPS) is 10.7. The molecule has 24 heavy (non-hydrogen) atoms. The fraction of sp³-hybridized carbons (Fsp3) is 0.0667. The van der Waals surface area contributed by atoms with Gasteiger partial charge in [0.05, 0.1) is 11.7 Å². The van der Waals surface area contributed by atoms with E-state index in [1.165, 1.54) is 17.7 Å². The zero-order valence-corrected chi connectivity index (χ0v) is 14.6. The van der Waals surface area contributed by atoms with Crippen LogP contribution in [0.25, 0.3) is 21.3 Å². The summed E-state index contributed by atoms with van der Waals surface area (Å²) in [6, 6.07) is 6.58. The molecule has 0 saturated heterocycles. The van der Waals surface area contributed by atoms with Crippen LogP contribution in [0.1, 0.15) is 0 Å². The molecular formula is C15H11BrN4O3S. The maximum Gasteiger partial charge on any atom is 0.318 e. The molecule has 7 nitrogen and oxygen atoms in total. The Morgan fingerprint density at radius 3 is 2.67 bits per heavy atom. The Bertz CT molecular complexity index is 994. The first-order chi connectivity index (χ1) is 11.5. The van der Waals surface area contributed by atoms with Crippen molar-refractivity contribution in [2.75, 3.05) is 0 Å². The van der Waals surface area contributed by atoms with E-state index in [-0.39, 0.29) is 12.1 Å². The molecule has 0 fully saturated rings. The lowest BCUT2D eigenvalue weighted by Gasteiger charge is -2.06. The predicted octanol–water partition coefficient (Wildman–Crippen LogP) is 2.08. The maximum atomic E-state index is 12.7. The van der Waals surface area contributed by atoms with E-state index in [1.807, 2.05) is 35.0 Å². The number of carbonyl (C=O) groups is 2. The Kier molecular flexibility index (Phi) is 4.45. The molecule has 9 heteroatoms. The molecule has 0 radical (unpaired) electrons. The van der Waals surface area contributed by atoms with Gasteiger partial charge in [0, 0.05) is 15.4 Å². The molecule has 0 aliphatic rings. The first kappa shape index (κ1) is 16.3. The zero-order chi connectivity index (χ0) is 17.3. The number of primary amides is 1. The van der Waals surface area contributed by atoms with Crippen LogP contribution in [0.2, 0.25) is 0 Å². The summed E-state index contributed by atoms with van der Waals surface area (Å²) < 4.78 is 2.08. The van der Waals surface area contributed by atoms with Gasteiger partial charge >= 0.3 is 6.03 Å². The number of nitrogens with one attached hydrogen (secondary N) is 1. The van der Waals surface area contributed by atoms with E-state index in [9.17, 15) is 14.4 Å². The third kappa shape index (κ3) is 3.22. The van der Waals surface area contributed by atoms with Gasteiger partial charge in [0.25, 0.3) is 5.56 Å². The van der Waals surface area contributed by atoms with Gasteiger partial charge in [-0.25, -0.2) is 9.78 Å². The van der Waals surface area contributed by atoms with Crippen LogP contribution in [0.4, 0.5) is 4.79 Å². The Morgan fingerprint density at radius 2 is 2.00 bits per heavy atom. The molecule has 0 saturated carbocycles. The highest BCUT2D eigenvalue weighted by Crippen LogP contribution is 2.31. The number of rotatable bonds is 3. The van der Waals surface area contributed by atoms with E-state index in [0.29, 0.717) is 10.2 Å². The Morgan fingerprint density at radius 1 is 1.29 bits per heavy atom. The first-order valence-electron chi connectivity index (χ1n) is 6.77. The average molecular weight is 407 g/mol. The van der Waals surface area contributed by atoms with Crippen LogP contribution < -0.4 is 16.6 Å². The number of halogens is 1. The summed E-state index contributed by atoms with van der Waals surface area (Å²) in [6.07, 6.45) is 1.28. The summed E-state index contributed by atoms with van der Waals surface area (Å²) in [6.45, 7) is -0.333. The van der Waals surface area contributed by atoms with Crippen molar-refractivity contribution in [2.24, 2.45) is 5.73 Å². The molecule has 3 amide bonds. The van der Waals surface area contributed by atoms with Crippen LogP contribution >= 0.6 is 27.3 Å². The summed E-state index contributed by atoms with van der Waals surface area (Å²) >= 11 is 4.73. The summed E-state index contributed by atoms with van der Waals surface area (Å²) in [7, 11) is 0. The third-order valence-corrected chi connectivity index (χ3v) is 4.71. The molecule has 0 atom stereocenters. The van der Waals surface area contributed by atoms with Crippen LogP contribution in [-0.4, -0.2) is 21.5 Å². The van der Waals surface area contributed by atoms with Gasteiger partial charge in [-0.2, -0.15) is 0 Å². The number of hydrogen-bond donors (Lipinski definition) is 2. The quantitative estimate of drug-likeness (QED) is 0.693. The highest BCUT2D eigenvalue weighted by molar-refractivity contribution is 9.10. The molecule has 2 heterocycles. The van der Waals surface area contributed by atoms with E-state index in [4.69, 9.17) is 5.73 Å². The van der Waals surface area contributed by atoms with E-state index in [2.05, 4.69) is 20.9 Å². The van der Waals surface area contributed by atoms with Crippen LogP contribution in [0.3, 0.4) is 0 Å². The molecule has 0 bridgehead atoms. The van der Waals surface area contributed by atoms with E-state index < -0.39 is 11.9 Å². The molecule has 1 aromatic carbocycles. The number of imide groups is 1. The van der Waals surface area contributed by atoms with E-state index >= 15 is 0 Å². The summed E-state index contributed by atoms with van der Waals surface area (Å²) in [5.74, 6) is -0.675. The monoisotopic (exact) mass is 406 g/mol. The van der Waals surface area contributed by atoms with Crippen LogP contribution in [0.15, 0.2) is 45.2 Å². The highest BCUT2D eigenvalue weighted by Gasteiger charge is 2.15. The average Bonchev–Trinajstić information content (AvgIpc) is 2.95. The zero-order valence-electron chi connectivity index (χ0n) is 12.2. The fourth-order valence-electron chi connectivity index (χ4n) is 2.25. The van der Waals surface area contributed by atoms with Gasteiger partial charge in [0.2, 0.25) is 5.91 Å². The molecule has 0 spiro atoms. The van der Waals surface area contributed by atoms with Crippen molar-refractivity contribution in [3.63, 3.8) is 0 Å². The second-order valence-electron chi connectivity index (χ2n) is 4.93. The number of aromatic nitrogens is 2. The molecule has 3 N–H and O–H groups in total. The number of nitrogens with two attached hydrogens (primary N) is 1. The molecular weight excluding hydrogens is 396 g/mol. The second kappa shape index (κ2) is 6.54. The van der Waals surface area contributed by atoms with Crippen molar-refractivity contribution in [1.82, 2.24) is 14.9 Å². The SMILES string of the molecule is NC(=O)NC(=O)Cn1cnc2scc(-c3ccc(Br)cc3)c2c1=O. The van der Waals surface area contributed by atoms with Crippen molar-refractivity contribution in [3.8, 4) is 11.1 Å². The fourth-order valence-corrected chi connectivity index (χ4v) is 3.42. The number of urea groups is 1. The summed E-state index contributed by atoms with van der Waals surface area (Å²) in [5, 5.41) is 4.22. The number of carbonyl (C=O) groups excluding carboxylic acids is 2. The lowest BCUT2D eigenvalue weighted by molar-refractivity contribution is -0.120. The Balaban J connectivity index is 2.06. The van der Waals surface area contributed by atoms with Crippen molar-refractivity contribution in [2.45, 2.75) is 6.54 Å². The number of benzene rings is 1. The van der Waals surface area contributed by atoms with Gasteiger partial charge < -0.3 is 5.73 Å². The largest absolute Gasteiger partial charge is 0.351 e. The molecule has 3 aromatic rings. The molecule has 2 aromatic heterocycles. The summed E-state index contributed by atoms with van der Waals surface area (Å²) in [4.78, 5) is 39.8. The molecule has 3 rings (SSSR count). The lowest BCUT2D eigenvalue weighted by atomic mass is 10.1. The number of fused-ring (bicyclic) bond motifs is 1. The van der Waals surface area contributed by atoms with Gasteiger partial charge in [-0.3, -0.25) is 19.5 Å². The van der Waals surface area contributed by atoms with Gasteiger partial charge in [-0.15, -0.1) is 11.3 Å². The molecule has 0 unspecified atom stereocenters. The predicted molar refractivity (Wildman–Crippen MR) is 94.7 cm³/mol. The van der Waals surface area contributed by atoms with Gasteiger partial charge in [0.15, 0.2) is 0 Å². The van der Waals surface area contributed by atoms with E-state index in [1.54, 1.807) is 0 Å². The van der Waals surface area contributed by atoms with E-state index in [0.717, 1.165) is 20.2 Å². The van der Waals surface area contributed by atoms with Crippen molar-refractivity contribution in [1.29, 1.82) is 0 Å². The smallest absolute Gasteiger partial charge is 0.318 e. The van der Waals surface area contributed by atoms with Crippen LogP contribution in [0.5, 0.6) is 0 Å². The number of thiophene rings is 1. The second-order valence-corrected chi connectivity index (χ2v) is 6.70. The minimum absolute atomic E-state index is 0.333. The van der Waals surface area contributed by atoms with Gasteiger partial charge in [-0.05, 0) is 17.7 Å². The highest BCUT2D eigenvalue weighted by atomic mass is 79.9. The Labute approximate surface area is 148 Å². The number of nitrogens with zero attached hydrogens (tertiary/aromatic N) is 2. The van der Waals surface area contributed by atoms with Gasteiger partial charge in [0.1, 0.15) is 11.4 Å². The first-order valence-corrected chi connectivity index (χ1v) is 8.45. The maximum absolute atomic E-state index is 12.7. The third-order valence-electron chi connectivity index (χ3n) is 3.29. The number of amides is 3. The standard InChI is InChI=1S/C15H11BrN4O3S/c16-9-3-1-8(2-4-9)10-6-24-13-12(10)14(22)20(7-18-13)5-11(21)19-15(17)23/h1-4,6-7H,5H2,(H3,17,19,21,23). The van der Waals surface area contributed by atoms with Crippen LogP contribution in [-0.2, 0) is 11.3 Å². The molecule has 0 aliphatic carbocycles. The molecule has 122 valence electrons. The topological polar surface area (TPSA) is 107 Å². The van der Waals surface area contributed by atoms with Gasteiger partial charge in [-0.1, -0.05) is 28.1 Å². The number of hydrogen-bond acceptors (Lipinski definition) is 5. The van der Waals surface area contributed by atoms with Crippen molar-refractivity contribution >= 4 is 49.4 Å². The van der Waals surface area contributed by atoms with Crippen molar-refractivity contribution in [3.05, 3.63) is 50.8 Å². The Hall–Kier alpha value is -2.52. The summed E-state index contributed by atoms with van der Waals surface area (Å²) in [5.41, 5.74) is 6.18. The van der Waals surface area contributed by atoms with Crippen LogP contribution in [0, 0.1) is 0 Å². The minimum Gasteiger partial charge on any atom is -0.351 e. The molecule has 0 aliphatic heterocycles.